The van der Waals surface area contributed by atoms with Gasteiger partial charge < -0.3 is 20.9 Å². The van der Waals surface area contributed by atoms with E-state index in [9.17, 15) is 18.4 Å². The number of likely N-dealkylation sites (tertiary alicyclic amines) is 1. The Morgan fingerprint density at radius 1 is 1.08 bits per heavy atom. The molecular weight excluding hydrogens is 488 g/mol. The maximum Gasteiger partial charge on any atom is 0.246 e. The molecule has 1 aliphatic heterocycles. The molecule has 0 radical (unpaired) electrons. The number of nitrogens with zero attached hydrogens (tertiary/aromatic N) is 2. The number of pyridine rings is 1. The standard InChI is InChI=1S/C29H33F2N5O2/c30-21-14-18(15-22(31)16-21)3-8-26(37)36-12-9-20(10-13-36)27(29(32)38)35-23-6-4-19(5-7-23)24-17-34-25-2-1-11-33-28(24)25/h1-3,8,11,14-17,19-20,23,27,34-35H,4-7,9-10,12-13H2,(H2,32,38)/b8-3+. The predicted molar refractivity (Wildman–Crippen MR) is 142 cm³/mol. The van der Waals surface area contributed by atoms with Gasteiger partial charge in [0.25, 0.3) is 0 Å². The molecule has 0 bridgehead atoms. The highest BCUT2D eigenvalue weighted by Gasteiger charge is 2.34. The van der Waals surface area contributed by atoms with Crippen molar-refractivity contribution in [1.29, 1.82) is 0 Å². The van der Waals surface area contributed by atoms with Gasteiger partial charge in [-0.25, -0.2) is 8.78 Å². The van der Waals surface area contributed by atoms with Crippen LogP contribution >= 0.6 is 0 Å². The topological polar surface area (TPSA) is 104 Å². The molecule has 1 unspecified atom stereocenters. The molecule has 0 spiro atoms. The molecule has 3 heterocycles. The number of piperidine rings is 1. The van der Waals surface area contributed by atoms with E-state index in [2.05, 4.69) is 21.5 Å². The molecule has 3 aromatic rings. The van der Waals surface area contributed by atoms with Gasteiger partial charge in [-0.15, -0.1) is 0 Å². The number of hydrogen-bond donors (Lipinski definition) is 3. The molecule has 4 N–H and O–H groups in total. The van der Waals surface area contributed by atoms with Gasteiger partial charge in [-0.3, -0.25) is 14.6 Å². The van der Waals surface area contributed by atoms with E-state index in [4.69, 9.17) is 5.73 Å². The Morgan fingerprint density at radius 2 is 1.79 bits per heavy atom. The molecular formula is C29H33F2N5O2. The monoisotopic (exact) mass is 521 g/mol. The van der Waals surface area contributed by atoms with E-state index >= 15 is 0 Å². The summed E-state index contributed by atoms with van der Waals surface area (Å²) in [5.74, 6) is -1.46. The van der Waals surface area contributed by atoms with E-state index in [0.29, 0.717) is 37.4 Å². The van der Waals surface area contributed by atoms with Crippen molar-refractivity contribution < 1.29 is 18.4 Å². The van der Waals surface area contributed by atoms with E-state index in [0.717, 1.165) is 42.8 Å². The van der Waals surface area contributed by atoms with Crippen LogP contribution in [0.15, 0.2) is 48.8 Å². The fourth-order valence-corrected chi connectivity index (χ4v) is 5.96. The molecule has 7 nitrogen and oxygen atoms in total. The van der Waals surface area contributed by atoms with Crippen molar-refractivity contribution in [2.24, 2.45) is 11.7 Å². The van der Waals surface area contributed by atoms with Crippen LogP contribution < -0.4 is 11.1 Å². The van der Waals surface area contributed by atoms with Crippen LogP contribution in [0.2, 0.25) is 0 Å². The molecule has 2 aromatic heterocycles. The molecule has 1 atom stereocenters. The Morgan fingerprint density at radius 3 is 2.47 bits per heavy atom. The number of fused-ring (bicyclic) bond motifs is 1. The summed E-state index contributed by atoms with van der Waals surface area (Å²) in [7, 11) is 0. The largest absolute Gasteiger partial charge is 0.368 e. The number of nitrogens with two attached hydrogens (primary N) is 1. The second-order valence-corrected chi connectivity index (χ2v) is 10.4. The number of nitrogens with one attached hydrogen (secondary N) is 2. The minimum Gasteiger partial charge on any atom is -0.368 e. The van der Waals surface area contributed by atoms with Crippen LogP contribution in [-0.4, -0.2) is 51.9 Å². The first-order chi connectivity index (χ1) is 18.4. The van der Waals surface area contributed by atoms with Gasteiger partial charge in [-0.2, -0.15) is 0 Å². The Labute approximate surface area is 220 Å². The minimum atomic E-state index is -0.689. The molecule has 1 saturated carbocycles. The molecule has 1 aliphatic carbocycles. The summed E-state index contributed by atoms with van der Waals surface area (Å²) in [6.07, 6.45) is 11.9. The lowest BCUT2D eigenvalue weighted by Gasteiger charge is -2.38. The van der Waals surface area contributed by atoms with Crippen LogP contribution in [0.1, 0.15) is 55.6 Å². The third-order valence-corrected chi connectivity index (χ3v) is 7.98. The van der Waals surface area contributed by atoms with Crippen molar-refractivity contribution in [3.05, 3.63) is 71.6 Å². The summed E-state index contributed by atoms with van der Waals surface area (Å²) in [6.45, 7) is 0.994. The Bertz CT molecular complexity index is 1300. The highest BCUT2D eigenvalue weighted by Crippen LogP contribution is 2.36. The summed E-state index contributed by atoms with van der Waals surface area (Å²) in [4.78, 5) is 34.6. The first-order valence-electron chi connectivity index (χ1n) is 13.3. The summed E-state index contributed by atoms with van der Waals surface area (Å²) >= 11 is 0. The quantitative estimate of drug-likeness (QED) is 0.404. The van der Waals surface area contributed by atoms with Crippen LogP contribution in [0.4, 0.5) is 8.78 Å². The average Bonchev–Trinajstić information content (AvgIpc) is 3.34. The van der Waals surface area contributed by atoms with Crippen molar-refractivity contribution in [2.75, 3.05) is 13.1 Å². The third-order valence-electron chi connectivity index (χ3n) is 7.98. The first kappa shape index (κ1) is 26.0. The SMILES string of the molecule is NC(=O)C(NC1CCC(c2c[nH]c3cccnc23)CC1)C1CCN(C(=O)/C=C/c2cc(F)cc(F)c2)CC1. The van der Waals surface area contributed by atoms with Gasteiger partial charge >= 0.3 is 0 Å². The predicted octanol–water partition coefficient (Wildman–Crippen LogP) is 4.26. The number of benzene rings is 1. The molecule has 1 aromatic carbocycles. The van der Waals surface area contributed by atoms with Crippen LogP contribution in [-0.2, 0) is 9.59 Å². The number of amides is 2. The average molecular weight is 522 g/mol. The van der Waals surface area contributed by atoms with Gasteiger partial charge in [0.2, 0.25) is 11.8 Å². The maximum absolute atomic E-state index is 13.4. The fourth-order valence-electron chi connectivity index (χ4n) is 5.96. The summed E-state index contributed by atoms with van der Waals surface area (Å²) < 4.78 is 26.8. The van der Waals surface area contributed by atoms with Crippen LogP contribution in [0.5, 0.6) is 0 Å². The number of carbonyl (C=O) groups is 2. The highest BCUT2D eigenvalue weighted by molar-refractivity contribution is 5.92. The van der Waals surface area contributed by atoms with Gasteiger partial charge in [-0.1, -0.05) is 0 Å². The number of aromatic nitrogens is 2. The lowest BCUT2D eigenvalue weighted by Crippen LogP contribution is -2.54. The van der Waals surface area contributed by atoms with Gasteiger partial charge in [-0.05, 0) is 91.8 Å². The number of primary amides is 1. The van der Waals surface area contributed by atoms with Crippen molar-refractivity contribution in [2.45, 2.75) is 56.5 Å². The zero-order valence-electron chi connectivity index (χ0n) is 21.2. The van der Waals surface area contributed by atoms with E-state index in [1.807, 2.05) is 18.3 Å². The van der Waals surface area contributed by atoms with E-state index in [1.54, 1.807) is 4.90 Å². The van der Waals surface area contributed by atoms with Crippen molar-refractivity contribution in [3.63, 3.8) is 0 Å². The molecule has 1 saturated heterocycles. The zero-order valence-corrected chi connectivity index (χ0v) is 21.2. The zero-order chi connectivity index (χ0) is 26.6. The van der Waals surface area contributed by atoms with Crippen LogP contribution in [0.3, 0.4) is 0 Å². The molecule has 9 heteroatoms. The minimum absolute atomic E-state index is 0.0494. The van der Waals surface area contributed by atoms with Crippen molar-refractivity contribution in [3.8, 4) is 0 Å². The van der Waals surface area contributed by atoms with Crippen LogP contribution in [0, 0.1) is 17.6 Å². The summed E-state index contributed by atoms with van der Waals surface area (Å²) in [5.41, 5.74) is 9.47. The Balaban J connectivity index is 1.12. The van der Waals surface area contributed by atoms with Crippen molar-refractivity contribution in [1.82, 2.24) is 20.2 Å². The van der Waals surface area contributed by atoms with Crippen LogP contribution in [0.25, 0.3) is 17.1 Å². The number of halogens is 2. The van der Waals surface area contributed by atoms with Gasteiger partial charge in [0.15, 0.2) is 0 Å². The number of hydrogen-bond acceptors (Lipinski definition) is 4. The second kappa shape index (κ2) is 11.4. The van der Waals surface area contributed by atoms with E-state index in [-0.39, 0.29) is 23.8 Å². The normalized spacial score (nSPS) is 21.7. The summed E-state index contributed by atoms with van der Waals surface area (Å²) in [6, 6.07) is 6.89. The van der Waals surface area contributed by atoms with E-state index in [1.165, 1.54) is 29.8 Å². The third kappa shape index (κ3) is 5.93. The number of H-pyrrole nitrogens is 1. The lowest BCUT2D eigenvalue weighted by molar-refractivity contribution is -0.128. The number of carbonyl (C=O) groups excluding carboxylic acids is 2. The Hall–Kier alpha value is -3.59. The molecule has 38 heavy (non-hydrogen) atoms. The molecule has 200 valence electrons. The maximum atomic E-state index is 13.4. The number of aromatic amines is 1. The molecule has 2 aliphatic rings. The first-order valence-corrected chi connectivity index (χ1v) is 13.3. The highest BCUT2D eigenvalue weighted by atomic mass is 19.1. The van der Waals surface area contributed by atoms with Gasteiger partial charge in [0.05, 0.1) is 17.1 Å². The summed E-state index contributed by atoms with van der Waals surface area (Å²) in [5, 5.41) is 3.54. The number of rotatable bonds is 7. The van der Waals surface area contributed by atoms with E-state index < -0.39 is 17.7 Å². The smallest absolute Gasteiger partial charge is 0.246 e. The lowest BCUT2D eigenvalue weighted by atomic mass is 9.81. The second-order valence-electron chi connectivity index (χ2n) is 10.4. The van der Waals surface area contributed by atoms with Gasteiger partial charge in [0.1, 0.15) is 11.6 Å². The fraction of sp³-hybridized carbons (Fsp3) is 0.414. The van der Waals surface area contributed by atoms with Gasteiger partial charge in [0, 0.05) is 43.7 Å². The van der Waals surface area contributed by atoms with Crippen molar-refractivity contribution >= 4 is 28.9 Å². The molecule has 2 amide bonds. The Kier molecular flexibility index (Phi) is 7.83. The molecule has 2 fully saturated rings. The molecule has 5 rings (SSSR count).